The molecule has 3 heterocycles. The summed E-state index contributed by atoms with van der Waals surface area (Å²) in [4.78, 5) is 15.2. The van der Waals surface area contributed by atoms with Gasteiger partial charge in [0.05, 0.1) is 5.02 Å². The van der Waals surface area contributed by atoms with E-state index in [-0.39, 0.29) is 5.91 Å². The van der Waals surface area contributed by atoms with E-state index in [0.717, 1.165) is 36.5 Å². The number of carbonyl (C=O) groups excluding carboxylic acids is 1. The van der Waals surface area contributed by atoms with Crippen LogP contribution in [-0.2, 0) is 11.3 Å². The maximum Gasteiger partial charge on any atom is 0.220 e. The van der Waals surface area contributed by atoms with Gasteiger partial charge in [0.25, 0.3) is 0 Å². The highest BCUT2D eigenvalue weighted by Crippen LogP contribution is 2.37. The number of likely N-dealkylation sites (tertiary alicyclic amines) is 1. The van der Waals surface area contributed by atoms with E-state index in [1.807, 2.05) is 6.07 Å². The maximum absolute atomic E-state index is 11.5. The number of nitrogens with zero attached hydrogens (tertiary/aromatic N) is 1. The Morgan fingerprint density at radius 1 is 1.38 bits per heavy atom. The summed E-state index contributed by atoms with van der Waals surface area (Å²) in [5, 5.41) is 5.14. The van der Waals surface area contributed by atoms with E-state index in [4.69, 9.17) is 11.6 Å². The molecular weight excluding hydrogens is 304 g/mol. The van der Waals surface area contributed by atoms with Crippen molar-refractivity contribution < 1.29 is 4.79 Å². The molecule has 4 rings (SSSR count). The lowest BCUT2D eigenvalue weighted by Crippen LogP contribution is -2.44. The molecule has 1 amide bonds. The largest absolute Gasteiger partial charge is 0.353 e. The normalized spacial score (nSPS) is 26.0. The van der Waals surface area contributed by atoms with Crippen molar-refractivity contribution in [2.24, 2.45) is 5.92 Å². The quantitative estimate of drug-likeness (QED) is 0.921. The number of nitrogens with one attached hydrogen (secondary N) is 1. The SMILES string of the molecule is O=C1C[C@@H]2CN(Cc3sc4ccccc4c3Cl)CC[C@@H]2N1. The highest BCUT2D eigenvalue weighted by atomic mass is 35.5. The number of benzene rings is 1. The van der Waals surface area contributed by atoms with Crippen LogP contribution in [0, 0.1) is 5.92 Å². The third kappa shape index (κ3) is 2.45. The van der Waals surface area contributed by atoms with Crippen LogP contribution >= 0.6 is 22.9 Å². The van der Waals surface area contributed by atoms with E-state index in [1.54, 1.807) is 11.3 Å². The van der Waals surface area contributed by atoms with Gasteiger partial charge in [0.1, 0.15) is 0 Å². The molecule has 2 aliphatic rings. The van der Waals surface area contributed by atoms with Crippen LogP contribution in [-0.4, -0.2) is 29.9 Å². The van der Waals surface area contributed by atoms with Crippen LogP contribution in [0.5, 0.6) is 0 Å². The van der Waals surface area contributed by atoms with Crippen molar-refractivity contribution in [2.45, 2.75) is 25.4 Å². The second-order valence-electron chi connectivity index (χ2n) is 6.00. The molecule has 3 nitrogen and oxygen atoms in total. The highest BCUT2D eigenvalue weighted by Gasteiger charge is 2.36. The monoisotopic (exact) mass is 320 g/mol. The smallest absolute Gasteiger partial charge is 0.220 e. The van der Waals surface area contributed by atoms with Crippen molar-refractivity contribution in [3.05, 3.63) is 34.2 Å². The number of rotatable bonds is 2. The molecule has 0 aliphatic carbocycles. The van der Waals surface area contributed by atoms with Crippen LogP contribution in [0.4, 0.5) is 0 Å². The lowest BCUT2D eigenvalue weighted by atomic mass is 9.93. The molecule has 2 saturated heterocycles. The first-order valence-corrected chi connectivity index (χ1v) is 8.58. The average Bonchev–Trinajstić information content (AvgIpc) is 2.99. The van der Waals surface area contributed by atoms with Gasteiger partial charge >= 0.3 is 0 Å². The number of carbonyl (C=O) groups is 1. The Labute approximate surface area is 132 Å². The summed E-state index contributed by atoms with van der Waals surface area (Å²) in [5.74, 6) is 0.686. The number of amides is 1. The zero-order chi connectivity index (χ0) is 14.4. The summed E-state index contributed by atoms with van der Waals surface area (Å²) >= 11 is 8.32. The number of hydrogen-bond acceptors (Lipinski definition) is 3. The lowest BCUT2D eigenvalue weighted by molar-refractivity contribution is -0.119. The highest BCUT2D eigenvalue weighted by molar-refractivity contribution is 7.19. The predicted molar refractivity (Wildman–Crippen MR) is 86.8 cm³/mol. The Morgan fingerprint density at radius 3 is 3.10 bits per heavy atom. The van der Waals surface area contributed by atoms with Crippen LogP contribution in [0.15, 0.2) is 24.3 Å². The summed E-state index contributed by atoms with van der Waals surface area (Å²) in [6.45, 7) is 2.93. The van der Waals surface area contributed by atoms with Crippen LogP contribution in [0.1, 0.15) is 17.7 Å². The molecule has 2 atom stereocenters. The number of hydrogen-bond donors (Lipinski definition) is 1. The summed E-state index contributed by atoms with van der Waals surface area (Å²) in [7, 11) is 0. The van der Waals surface area contributed by atoms with Gasteiger partial charge in [-0.05, 0) is 12.5 Å². The molecule has 1 N–H and O–H groups in total. The first-order valence-electron chi connectivity index (χ1n) is 7.38. The molecule has 2 aliphatic heterocycles. The molecule has 0 saturated carbocycles. The first-order chi connectivity index (χ1) is 10.2. The molecule has 0 unspecified atom stereocenters. The maximum atomic E-state index is 11.5. The predicted octanol–water partition coefficient (Wildman–Crippen LogP) is 3.27. The van der Waals surface area contributed by atoms with E-state index in [2.05, 4.69) is 28.4 Å². The van der Waals surface area contributed by atoms with Crippen molar-refractivity contribution in [1.29, 1.82) is 0 Å². The zero-order valence-electron chi connectivity index (χ0n) is 11.6. The van der Waals surface area contributed by atoms with Crippen molar-refractivity contribution in [3.63, 3.8) is 0 Å². The van der Waals surface area contributed by atoms with Gasteiger partial charge in [0, 0.05) is 53.0 Å². The van der Waals surface area contributed by atoms with Crippen LogP contribution in [0.3, 0.4) is 0 Å². The average molecular weight is 321 g/mol. The van der Waals surface area contributed by atoms with Gasteiger partial charge in [0.15, 0.2) is 0 Å². The molecule has 1 aromatic carbocycles. The van der Waals surface area contributed by atoms with Gasteiger partial charge < -0.3 is 5.32 Å². The van der Waals surface area contributed by atoms with Gasteiger partial charge in [-0.1, -0.05) is 29.8 Å². The van der Waals surface area contributed by atoms with E-state index in [9.17, 15) is 4.79 Å². The van der Waals surface area contributed by atoms with Gasteiger partial charge in [-0.25, -0.2) is 0 Å². The van der Waals surface area contributed by atoms with Crippen molar-refractivity contribution >= 4 is 38.9 Å². The van der Waals surface area contributed by atoms with Crippen LogP contribution < -0.4 is 5.32 Å². The molecule has 1 aromatic heterocycles. The number of thiophene rings is 1. The van der Waals surface area contributed by atoms with E-state index in [1.165, 1.54) is 9.58 Å². The second-order valence-corrected chi connectivity index (χ2v) is 7.51. The van der Waals surface area contributed by atoms with E-state index < -0.39 is 0 Å². The standard InChI is InChI=1S/C16H17ClN2OS/c17-16-11-3-1-2-4-13(11)21-14(16)9-19-6-5-12-10(8-19)7-15(20)18-12/h1-4,10,12H,5-9H2,(H,18,20)/t10-,12+/m1/s1. The van der Waals surface area contributed by atoms with E-state index in [0.29, 0.717) is 18.4 Å². The Morgan fingerprint density at radius 2 is 2.24 bits per heavy atom. The molecule has 5 heteroatoms. The topological polar surface area (TPSA) is 32.3 Å². The van der Waals surface area contributed by atoms with Gasteiger partial charge in [-0.15, -0.1) is 11.3 Å². The minimum Gasteiger partial charge on any atom is -0.353 e. The summed E-state index contributed by atoms with van der Waals surface area (Å²) < 4.78 is 1.25. The summed E-state index contributed by atoms with van der Waals surface area (Å²) in [6.07, 6.45) is 1.74. The Hall–Kier alpha value is -1.10. The third-order valence-corrected chi connectivity index (χ3v) is 6.28. The molecule has 0 bridgehead atoms. The van der Waals surface area contributed by atoms with Crippen molar-refractivity contribution in [1.82, 2.24) is 10.2 Å². The number of piperidine rings is 1. The van der Waals surface area contributed by atoms with Gasteiger partial charge in [-0.3, -0.25) is 9.69 Å². The Balaban J connectivity index is 1.53. The van der Waals surface area contributed by atoms with Gasteiger partial charge in [-0.2, -0.15) is 0 Å². The lowest BCUT2D eigenvalue weighted by Gasteiger charge is -2.34. The van der Waals surface area contributed by atoms with Crippen LogP contribution in [0.25, 0.3) is 10.1 Å². The molecule has 0 radical (unpaired) electrons. The number of halogens is 1. The molecule has 2 fully saturated rings. The second kappa shape index (κ2) is 5.27. The zero-order valence-corrected chi connectivity index (χ0v) is 13.2. The minimum atomic E-state index is 0.215. The summed E-state index contributed by atoms with van der Waals surface area (Å²) in [5.41, 5.74) is 0. The Bertz CT molecular complexity index is 699. The van der Waals surface area contributed by atoms with Crippen LogP contribution in [0.2, 0.25) is 5.02 Å². The third-order valence-electron chi connectivity index (χ3n) is 4.58. The molecule has 110 valence electrons. The minimum absolute atomic E-state index is 0.215. The molecule has 0 spiro atoms. The fourth-order valence-electron chi connectivity index (χ4n) is 3.52. The first kappa shape index (κ1) is 13.6. The van der Waals surface area contributed by atoms with Crippen molar-refractivity contribution in [3.8, 4) is 0 Å². The van der Waals surface area contributed by atoms with Crippen molar-refractivity contribution in [2.75, 3.05) is 13.1 Å². The fraction of sp³-hybridized carbons (Fsp3) is 0.438. The fourth-order valence-corrected chi connectivity index (χ4v) is 5.06. The molecular formula is C16H17ClN2OS. The molecule has 21 heavy (non-hydrogen) atoms. The van der Waals surface area contributed by atoms with E-state index >= 15 is 0 Å². The summed E-state index contributed by atoms with van der Waals surface area (Å²) in [6, 6.07) is 8.70. The Kier molecular flexibility index (Phi) is 3.40. The van der Waals surface area contributed by atoms with Gasteiger partial charge in [0.2, 0.25) is 5.91 Å². The number of fused-ring (bicyclic) bond motifs is 2. The molecule has 2 aromatic rings.